The highest BCUT2D eigenvalue weighted by Crippen LogP contribution is 2.34. The summed E-state index contributed by atoms with van der Waals surface area (Å²) in [6.45, 7) is 4.37. The van der Waals surface area contributed by atoms with Gasteiger partial charge in [0, 0.05) is 25.1 Å². The molecule has 0 bridgehead atoms. The lowest BCUT2D eigenvalue weighted by Crippen LogP contribution is -2.24. The van der Waals surface area contributed by atoms with Crippen molar-refractivity contribution in [3.8, 4) is 0 Å². The molecule has 1 amide bonds. The lowest BCUT2D eigenvalue weighted by Gasteiger charge is -2.26. The summed E-state index contributed by atoms with van der Waals surface area (Å²) in [7, 11) is 1.54. The van der Waals surface area contributed by atoms with Crippen molar-refractivity contribution < 1.29 is 13.6 Å². The number of carbonyl (C=O) groups is 1. The highest BCUT2D eigenvalue weighted by Gasteiger charge is 2.29. The van der Waals surface area contributed by atoms with Crippen LogP contribution in [0.15, 0.2) is 18.5 Å². The first-order valence-electron chi connectivity index (χ1n) is 8.02. The minimum absolute atomic E-state index is 0.0147. The number of halogens is 2. The second kappa shape index (κ2) is 7.42. The molecule has 0 spiro atoms. The molecule has 0 fully saturated rings. The van der Waals surface area contributed by atoms with Gasteiger partial charge in [-0.15, -0.1) is 0 Å². The van der Waals surface area contributed by atoms with Crippen LogP contribution < -0.4 is 11.1 Å². The van der Waals surface area contributed by atoms with E-state index in [4.69, 9.17) is 5.73 Å². The predicted molar refractivity (Wildman–Crippen MR) is 88.8 cm³/mol. The van der Waals surface area contributed by atoms with Crippen molar-refractivity contribution in [1.82, 2.24) is 14.9 Å². The number of hydrogen-bond acceptors (Lipinski definition) is 3. The molecule has 1 aliphatic rings. The van der Waals surface area contributed by atoms with E-state index >= 15 is 0 Å². The van der Waals surface area contributed by atoms with Crippen LogP contribution in [0.1, 0.15) is 47.9 Å². The van der Waals surface area contributed by atoms with E-state index < -0.39 is 11.6 Å². The number of benzene rings is 1. The Labute approximate surface area is 139 Å². The lowest BCUT2D eigenvalue weighted by molar-refractivity contribution is 0.0957. The van der Waals surface area contributed by atoms with E-state index in [1.54, 1.807) is 4.57 Å². The summed E-state index contributed by atoms with van der Waals surface area (Å²) in [5.74, 6) is -1.87. The van der Waals surface area contributed by atoms with Crippen LogP contribution in [0.25, 0.3) is 0 Å². The SMILES string of the molecule is CC.CNC(=O)c1ncn2c1CCC(c1c(F)ccc(N)c1F)C2. The molecule has 2 aromatic rings. The average Bonchev–Trinajstić information content (AvgIpc) is 3.03. The third kappa shape index (κ3) is 3.11. The van der Waals surface area contributed by atoms with Crippen LogP contribution in [0.4, 0.5) is 14.5 Å². The molecule has 0 radical (unpaired) electrons. The first kappa shape index (κ1) is 17.9. The van der Waals surface area contributed by atoms with Crippen LogP contribution in [0.2, 0.25) is 0 Å². The maximum Gasteiger partial charge on any atom is 0.271 e. The number of nitrogens with zero attached hydrogens (tertiary/aromatic N) is 2. The van der Waals surface area contributed by atoms with Gasteiger partial charge in [0.15, 0.2) is 5.82 Å². The Kier molecular flexibility index (Phi) is 5.54. The lowest BCUT2D eigenvalue weighted by atomic mass is 9.89. The van der Waals surface area contributed by atoms with E-state index in [9.17, 15) is 13.6 Å². The largest absolute Gasteiger partial charge is 0.396 e. The fourth-order valence-electron chi connectivity index (χ4n) is 2.97. The number of anilines is 1. The minimum Gasteiger partial charge on any atom is -0.396 e. The minimum atomic E-state index is -0.694. The van der Waals surface area contributed by atoms with Gasteiger partial charge in [-0.1, -0.05) is 13.8 Å². The summed E-state index contributed by atoms with van der Waals surface area (Å²) >= 11 is 0. The highest BCUT2D eigenvalue weighted by molar-refractivity contribution is 5.93. The molecule has 1 aromatic heterocycles. The summed E-state index contributed by atoms with van der Waals surface area (Å²) in [4.78, 5) is 15.8. The first-order valence-corrected chi connectivity index (χ1v) is 8.02. The molecule has 0 saturated carbocycles. The van der Waals surface area contributed by atoms with Crippen molar-refractivity contribution in [2.45, 2.75) is 39.2 Å². The van der Waals surface area contributed by atoms with E-state index in [1.165, 1.54) is 25.5 Å². The molecular formula is C17H22F2N4O. The quantitative estimate of drug-likeness (QED) is 0.828. The van der Waals surface area contributed by atoms with Crippen molar-refractivity contribution in [2.24, 2.45) is 0 Å². The van der Waals surface area contributed by atoms with Crippen molar-refractivity contribution in [3.63, 3.8) is 0 Å². The maximum atomic E-state index is 14.2. The smallest absolute Gasteiger partial charge is 0.271 e. The number of nitrogens with two attached hydrogens (primary N) is 1. The van der Waals surface area contributed by atoms with Gasteiger partial charge >= 0.3 is 0 Å². The molecule has 1 unspecified atom stereocenters. The Morgan fingerprint density at radius 1 is 1.38 bits per heavy atom. The summed E-state index contributed by atoms with van der Waals surface area (Å²) in [6.07, 6.45) is 2.60. The number of aromatic nitrogens is 2. The van der Waals surface area contributed by atoms with Crippen LogP contribution in [0.5, 0.6) is 0 Å². The number of rotatable bonds is 2. The summed E-state index contributed by atoms with van der Waals surface area (Å²) < 4.78 is 29.9. The van der Waals surface area contributed by atoms with Gasteiger partial charge in [0.05, 0.1) is 17.7 Å². The zero-order chi connectivity index (χ0) is 17.9. The van der Waals surface area contributed by atoms with E-state index in [1.807, 2.05) is 13.8 Å². The zero-order valence-corrected chi connectivity index (χ0v) is 14.1. The van der Waals surface area contributed by atoms with Crippen molar-refractivity contribution in [3.05, 3.63) is 47.0 Å². The second-order valence-electron chi connectivity index (χ2n) is 5.37. The second-order valence-corrected chi connectivity index (χ2v) is 5.37. The van der Waals surface area contributed by atoms with Gasteiger partial charge in [0.25, 0.3) is 5.91 Å². The molecular weight excluding hydrogens is 314 g/mol. The summed E-state index contributed by atoms with van der Waals surface area (Å²) in [5, 5.41) is 2.53. The van der Waals surface area contributed by atoms with Crippen molar-refractivity contribution in [1.29, 1.82) is 0 Å². The van der Waals surface area contributed by atoms with Gasteiger partial charge in [0.1, 0.15) is 11.5 Å². The molecule has 2 heterocycles. The fraction of sp³-hybridized carbons (Fsp3) is 0.412. The standard InChI is InChI=1S/C15H16F2N4O.C2H6/c1-19-15(22)14-11-5-2-8(6-21(11)7-20-14)12-9(16)3-4-10(18)13(12)17;1-2/h3-4,7-8H,2,5-6,18H2,1H3,(H,19,22);1-2H3. The third-order valence-electron chi connectivity index (χ3n) is 4.10. The highest BCUT2D eigenvalue weighted by atomic mass is 19.1. The number of amides is 1. The first-order chi connectivity index (χ1) is 11.5. The molecule has 5 nitrogen and oxygen atoms in total. The Morgan fingerprint density at radius 2 is 2.08 bits per heavy atom. The van der Waals surface area contributed by atoms with E-state index in [0.29, 0.717) is 25.1 Å². The molecule has 3 rings (SSSR count). The van der Waals surface area contributed by atoms with E-state index in [0.717, 1.165) is 5.69 Å². The molecule has 7 heteroatoms. The number of nitrogen functional groups attached to an aromatic ring is 1. The van der Waals surface area contributed by atoms with Crippen LogP contribution in [0, 0.1) is 11.6 Å². The zero-order valence-electron chi connectivity index (χ0n) is 14.1. The molecule has 3 N–H and O–H groups in total. The molecule has 24 heavy (non-hydrogen) atoms. The molecule has 130 valence electrons. The van der Waals surface area contributed by atoms with Crippen LogP contribution >= 0.6 is 0 Å². The van der Waals surface area contributed by atoms with Gasteiger partial charge in [-0.2, -0.15) is 0 Å². The Hall–Kier alpha value is -2.44. The number of hydrogen-bond donors (Lipinski definition) is 2. The average molecular weight is 336 g/mol. The number of fused-ring (bicyclic) bond motifs is 1. The van der Waals surface area contributed by atoms with E-state index in [-0.39, 0.29) is 23.1 Å². The Morgan fingerprint density at radius 3 is 2.75 bits per heavy atom. The van der Waals surface area contributed by atoms with Crippen molar-refractivity contribution in [2.75, 3.05) is 12.8 Å². The maximum absolute atomic E-state index is 14.2. The molecule has 0 aliphatic carbocycles. The number of imidazole rings is 1. The monoisotopic (exact) mass is 336 g/mol. The van der Waals surface area contributed by atoms with Crippen LogP contribution in [0.3, 0.4) is 0 Å². The predicted octanol–water partition coefficient (Wildman–Crippen LogP) is 2.86. The molecule has 0 saturated heterocycles. The summed E-state index contributed by atoms with van der Waals surface area (Å²) in [6, 6.07) is 2.41. The number of nitrogens with one attached hydrogen (secondary N) is 1. The molecule has 1 aliphatic heterocycles. The fourth-order valence-corrected chi connectivity index (χ4v) is 2.97. The van der Waals surface area contributed by atoms with Gasteiger partial charge in [-0.25, -0.2) is 13.8 Å². The van der Waals surface area contributed by atoms with Crippen LogP contribution in [-0.2, 0) is 13.0 Å². The van der Waals surface area contributed by atoms with Crippen LogP contribution in [-0.4, -0.2) is 22.5 Å². The van der Waals surface area contributed by atoms with Gasteiger partial charge in [-0.3, -0.25) is 4.79 Å². The molecule has 1 aromatic carbocycles. The molecule has 1 atom stereocenters. The Balaban J connectivity index is 0.00000100. The third-order valence-corrected chi connectivity index (χ3v) is 4.10. The Bertz CT molecular complexity index is 742. The van der Waals surface area contributed by atoms with Gasteiger partial charge < -0.3 is 15.6 Å². The van der Waals surface area contributed by atoms with Crippen molar-refractivity contribution >= 4 is 11.6 Å². The van der Waals surface area contributed by atoms with Gasteiger partial charge in [-0.05, 0) is 25.0 Å². The normalized spacial score (nSPS) is 16.0. The topological polar surface area (TPSA) is 72.9 Å². The van der Waals surface area contributed by atoms with E-state index in [2.05, 4.69) is 10.3 Å². The summed E-state index contributed by atoms with van der Waals surface area (Å²) in [5.41, 5.74) is 6.66. The number of carbonyl (C=O) groups excluding carboxylic acids is 1. The van der Waals surface area contributed by atoms with Gasteiger partial charge in [0.2, 0.25) is 0 Å².